The molecule has 1 aromatic carbocycles. The van der Waals surface area contributed by atoms with Crippen molar-refractivity contribution in [3.05, 3.63) is 29.8 Å². The SMILES string of the molecule is CCc1cccc(OC(CNCC(C)C)COC)c1. The van der Waals surface area contributed by atoms with Crippen LogP contribution in [0.25, 0.3) is 0 Å². The molecule has 108 valence electrons. The average Bonchev–Trinajstić information content (AvgIpc) is 2.38. The van der Waals surface area contributed by atoms with Crippen molar-refractivity contribution >= 4 is 0 Å². The van der Waals surface area contributed by atoms with Crippen LogP contribution in [0.5, 0.6) is 5.75 Å². The molecule has 3 nitrogen and oxygen atoms in total. The quantitative estimate of drug-likeness (QED) is 0.744. The normalized spacial score (nSPS) is 12.7. The van der Waals surface area contributed by atoms with Gasteiger partial charge in [0, 0.05) is 13.7 Å². The van der Waals surface area contributed by atoms with E-state index in [9.17, 15) is 0 Å². The van der Waals surface area contributed by atoms with Gasteiger partial charge < -0.3 is 14.8 Å². The van der Waals surface area contributed by atoms with Gasteiger partial charge in [-0.3, -0.25) is 0 Å². The van der Waals surface area contributed by atoms with Gasteiger partial charge in [0.2, 0.25) is 0 Å². The molecule has 0 aliphatic heterocycles. The average molecular weight is 265 g/mol. The Hall–Kier alpha value is -1.06. The minimum Gasteiger partial charge on any atom is -0.487 e. The van der Waals surface area contributed by atoms with E-state index in [1.807, 2.05) is 12.1 Å². The Kier molecular flexibility index (Phi) is 7.53. The van der Waals surface area contributed by atoms with E-state index in [1.54, 1.807) is 7.11 Å². The van der Waals surface area contributed by atoms with Gasteiger partial charge in [0.1, 0.15) is 11.9 Å². The molecule has 0 bridgehead atoms. The van der Waals surface area contributed by atoms with Crippen molar-refractivity contribution in [3.63, 3.8) is 0 Å². The first-order chi connectivity index (χ1) is 9.15. The van der Waals surface area contributed by atoms with Crippen molar-refractivity contribution in [2.75, 3.05) is 26.8 Å². The second-order valence-corrected chi connectivity index (χ2v) is 5.25. The smallest absolute Gasteiger partial charge is 0.134 e. The van der Waals surface area contributed by atoms with E-state index >= 15 is 0 Å². The molecule has 1 N–H and O–H groups in total. The lowest BCUT2D eigenvalue weighted by Crippen LogP contribution is -2.36. The third kappa shape index (κ3) is 6.60. The number of aryl methyl sites for hydroxylation is 1. The number of methoxy groups -OCH3 is 1. The van der Waals surface area contributed by atoms with E-state index < -0.39 is 0 Å². The van der Waals surface area contributed by atoms with Gasteiger partial charge in [0.05, 0.1) is 6.61 Å². The summed E-state index contributed by atoms with van der Waals surface area (Å²) in [6, 6.07) is 8.27. The summed E-state index contributed by atoms with van der Waals surface area (Å²) in [4.78, 5) is 0. The molecule has 0 amide bonds. The molecule has 1 aromatic rings. The molecule has 0 saturated carbocycles. The largest absolute Gasteiger partial charge is 0.487 e. The summed E-state index contributed by atoms with van der Waals surface area (Å²) in [6.07, 6.45) is 1.08. The monoisotopic (exact) mass is 265 g/mol. The summed E-state index contributed by atoms with van der Waals surface area (Å²) in [5.41, 5.74) is 1.30. The third-order valence-corrected chi connectivity index (χ3v) is 2.89. The highest BCUT2D eigenvalue weighted by molar-refractivity contribution is 5.28. The zero-order valence-electron chi connectivity index (χ0n) is 12.6. The van der Waals surface area contributed by atoms with E-state index in [2.05, 4.69) is 38.2 Å². The molecule has 0 aromatic heterocycles. The van der Waals surface area contributed by atoms with E-state index in [0.717, 1.165) is 25.3 Å². The molecular formula is C16H27NO2. The van der Waals surface area contributed by atoms with Crippen molar-refractivity contribution in [2.45, 2.75) is 33.3 Å². The molecule has 0 heterocycles. The Balaban J connectivity index is 2.51. The Morgan fingerprint density at radius 2 is 2.00 bits per heavy atom. The van der Waals surface area contributed by atoms with Gasteiger partial charge in [-0.05, 0) is 36.6 Å². The summed E-state index contributed by atoms with van der Waals surface area (Å²) < 4.78 is 11.2. The number of benzene rings is 1. The molecule has 3 heteroatoms. The zero-order valence-corrected chi connectivity index (χ0v) is 12.6. The molecule has 0 aliphatic carbocycles. The Morgan fingerprint density at radius 3 is 2.63 bits per heavy atom. The highest BCUT2D eigenvalue weighted by atomic mass is 16.5. The van der Waals surface area contributed by atoms with Crippen LogP contribution in [0.4, 0.5) is 0 Å². The standard InChI is InChI=1S/C16H27NO2/c1-5-14-7-6-8-15(9-14)19-16(12-18-4)11-17-10-13(2)3/h6-9,13,16-17H,5,10-12H2,1-4H3. The summed E-state index contributed by atoms with van der Waals surface area (Å²) in [5, 5.41) is 3.41. The molecule has 0 aliphatic rings. The van der Waals surface area contributed by atoms with E-state index in [1.165, 1.54) is 5.56 Å². The highest BCUT2D eigenvalue weighted by Crippen LogP contribution is 2.15. The van der Waals surface area contributed by atoms with Gasteiger partial charge in [-0.25, -0.2) is 0 Å². The van der Waals surface area contributed by atoms with E-state index in [-0.39, 0.29) is 6.10 Å². The third-order valence-electron chi connectivity index (χ3n) is 2.89. The Bertz CT molecular complexity index is 352. The van der Waals surface area contributed by atoms with Gasteiger partial charge in [0.15, 0.2) is 0 Å². The topological polar surface area (TPSA) is 30.5 Å². The van der Waals surface area contributed by atoms with Crippen LogP contribution in [0.15, 0.2) is 24.3 Å². The number of nitrogens with one attached hydrogen (secondary N) is 1. The van der Waals surface area contributed by atoms with Crippen molar-refractivity contribution in [3.8, 4) is 5.75 Å². The van der Waals surface area contributed by atoms with Crippen LogP contribution in [0.1, 0.15) is 26.3 Å². The lowest BCUT2D eigenvalue weighted by molar-refractivity contribution is 0.0802. The first kappa shape index (κ1) is 16.0. The summed E-state index contributed by atoms with van der Waals surface area (Å²) >= 11 is 0. The van der Waals surface area contributed by atoms with Crippen molar-refractivity contribution in [1.82, 2.24) is 5.32 Å². The van der Waals surface area contributed by atoms with Crippen molar-refractivity contribution < 1.29 is 9.47 Å². The van der Waals surface area contributed by atoms with Crippen LogP contribution in [-0.2, 0) is 11.2 Å². The van der Waals surface area contributed by atoms with Gasteiger partial charge in [0.25, 0.3) is 0 Å². The van der Waals surface area contributed by atoms with Gasteiger partial charge in [-0.1, -0.05) is 32.9 Å². The fourth-order valence-corrected chi connectivity index (χ4v) is 1.88. The van der Waals surface area contributed by atoms with E-state index in [0.29, 0.717) is 12.5 Å². The summed E-state index contributed by atoms with van der Waals surface area (Å²) in [6.45, 7) is 8.95. The van der Waals surface area contributed by atoms with Crippen LogP contribution in [-0.4, -0.2) is 32.9 Å². The molecule has 19 heavy (non-hydrogen) atoms. The first-order valence-corrected chi connectivity index (χ1v) is 7.11. The number of hydrogen-bond donors (Lipinski definition) is 1. The van der Waals surface area contributed by atoms with Gasteiger partial charge in [-0.15, -0.1) is 0 Å². The minimum atomic E-state index is 0.0517. The van der Waals surface area contributed by atoms with Gasteiger partial charge in [-0.2, -0.15) is 0 Å². The predicted molar refractivity (Wildman–Crippen MR) is 79.8 cm³/mol. The lowest BCUT2D eigenvalue weighted by atomic mass is 10.1. The molecular weight excluding hydrogens is 238 g/mol. The Labute approximate surface area is 117 Å². The van der Waals surface area contributed by atoms with Crippen molar-refractivity contribution in [2.24, 2.45) is 5.92 Å². The predicted octanol–water partition coefficient (Wildman–Crippen LogP) is 2.89. The molecule has 0 spiro atoms. The minimum absolute atomic E-state index is 0.0517. The van der Waals surface area contributed by atoms with Crippen LogP contribution in [0.3, 0.4) is 0 Å². The maximum atomic E-state index is 5.99. The maximum absolute atomic E-state index is 5.99. The fourth-order valence-electron chi connectivity index (χ4n) is 1.88. The van der Waals surface area contributed by atoms with Crippen molar-refractivity contribution in [1.29, 1.82) is 0 Å². The number of hydrogen-bond acceptors (Lipinski definition) is 3. The molecule has 1 unspecified atom stereocenters. The molecule has 0 fully saturated rings. The molecule has 0 radical (unpaired) electrons. The Morgan fingerprint density at radius 1 is 1.21 bits per heavy atom. The fraction of sp³-hybridized carbons (Fsp3) is 0.625. The van der Waals surface area contributed by atoms with E-state index in [4.69, 9.17) is 9.47 Å². The van der Waals surface area contributed by atoms with Crippen LogP contribution >= 0.6 is 0 Å². The van der Waals surface area contributed by atoms with Crippen LogP contribution < -0.4 is 10.1 Å². The maximum Gasteiger partial charge on any atom is 0.134 e. The second kappa shape index (κ2) is 8.94. The summed E-state index contributed by atoms with van der Waals surface area (Å²) in [7, 11) is 1.71. The first-order valence-electron chi connectivity index (χ1n) is 7.11. The highest BCUT2D eigenvalue weighted by Gasteiger charge is 2.10. The van der Waals surface area contributed by atoms with Crippen LogP contribution in [0, 0.1) is 5.92 Å². The van der Waals surface area contributed by atoms with Gasteiger partial charge >= 0.3 is 0 Å². The zero-order chi connectivity index (χ0) is 14.1. The second-order valence-electron chi connectivity index (χ2n) is 5.25. The molecule has 1 rings (SSSR count). The molecule has 0 saturated heterocycles. The number of rotatable bonds is 9. The lowest BCUT2D eigenvalue weighted by Gasteiger charge is -2.20. The number of ether oxygens (including phenoxy) is 2. The summed E-state index contributed by atoms with van der Waals surface area (Å²) in [5.74, 6) is 1.57. The molecule has 1 atom stereocenters. The van der Waals surface area contributed by atoms with Crippen LogP contribution in [0.2, 0.25) is 0 Å².